The van der Waals surface area contributed by atoms with Gasteiger partial charge in [0.25, 0.3) is 0 Å². The van der Waals surface area contributed by atoms with Crippen LogP contribution in [0.4, 0.5) is 4.39 Å². The van der Waals surface area contributed by atoms with Crippen LogP contribution in [-0.2, 0) is 12.2 Å². The van der Waals surface area contributed by atoms with E-state index < -0.39 is 5.67 Å². The van der Waals surface area contributed by atoms with E-state index in [1.165, 1.54) is 0 Å². The molecule has 0 fully saturated rings. The molecule has 1 heterocycles. The Morgan fingerprint density at radius 3 is 3.07 bits per heavy atom. The Labute approximate surface area is 91.8 Å². The Balaban J connectivity index is 2.56. The monoisotopic (exact) mass is 257 g/mol. The quantitative estimate of drug-likeness (QED) is 0.753. The van der Waals surface area contributed by atoms with Gasteiger partial charge in [0.1, 0.15) is 5.67 Å². The molecule has 0 aliphatic carbocycles. The highest BCUT2D eigenvalue weighted by Gasteiger charge is 2.30. The summed E-state index contributed by atoms with van der Waals surface area (Å²) >= 11 is 3.46. The molecule has 0 spiro atoms. The molecule has 0 saturated heterocycles. The van der Waals surface area contributed by atoms with E-state index in [2.05, 4.69) is 21.2 Å². The highest BCUT2D eigenvalue weighted by atomic mass is 79.9. The first-order chi connectivity index (χ1) is 6.61. The highest BCUT2D eigenvalue weighted by Crippen LogP contribution is 2.36. The summed E-state index contributed by atoms with van der Waals surface area (Å²) in [6.07, 6.45) is 0.538. The molecule has 1 N–H and O–H groups in total. The summed E-state index contributed by atoms with van der Waals surface area (Å²) in [5, 5.41) is 3.23. The van der Waals surface area contributed by atoms with Crippen molar-refractivity contribution in [3.05, 3.63) is 33.8 Å². The average molecular weight is 258 g/mol. The number of rotatable bonds is 0. The molecule has 1 aromatic carbocycles. The maximum atomic E-state index is 14.2. The molecule has 0 saturated carbocycles. The first-order valence-corrected chi connectivity index (χ1v) is 5.58. The summed E-state index contributed by atoms with van der Waals surface area (Å²) in [5.41, 5.74) is 0.662. The van der Waals surface area contributed by atoms with Crippen molar-refractivity contribution < 1.29 is 4.39 Å². The lowest BCUT2D eigenvalue weighted by molar-refractivity contribution is 0.180. The van der Waals surface area contributed by atoms with Crippen molar-refractivity contribution in [1.29, 1.82) is 0 Å². The van der Waals surface area contributed by atoms with Crippen LogP contribution in [0.15, 0.2) is 22.7 Å². The van der Waals surface area contributed by atoms with Gasteiger partial charge < -0.3 is 5.32 Å². The fourth-order valence-corrected chi connectivity index (χ4v) is 2.40. The number of benzene rings is 1. The van der Waals surface area contributed by atoms with Gasteiger partial charge in [0.05, 0.1) is 0 Å². The van der Waals surface area contributed by atoms with Gasteiger partial charge in [-0.25, -0.2) is 4.39 Å². The zero-order valence-electron chi connectivity index (χ0n) is 8.11. The summed E-state index contributed by atoms with van der Waals surface area (Å²) in [4.78, 5) is 0. The third-order valence-electron chi connectivity index (χ3n) is 2.75. The summed E-state index contributed by atoms with van der Waals surface area (Å²) in [5.74, 6) is 0. The molecule has 14 heavy (non-hydrogen) atoms. The van der Waals surface area contributed by atoms with E-state index in [0.717, 1.165) is 28.7 Å². The second-order valence-electron chi connectivity index (χ2n) is 3.89. The van der Waals surface area contributed by atoms with Gasteiger partial charge in [-0.05, 0) is 37.1 Å². The first kappa shape index (κ1) is 10.1. The number of halogens is 2. The predicted octanol–water partition coefficient (Wildman–Crippen LogP) is 3.13. The molecule has 1 aliphatic heterocycles. The summed E-state index contributed by atoms with van der Waals surface area (Å²) in [6, 6.07) is 5.74. The van der Waals surface area contributed by atoms with Crippen LogP contribution in [0.5, 0.6) is 0 Å². The van der Waals surface area contributed by atoms with Crippen molar-refractivity contribution in [2.24, 2.45) is 0 Å². The van der Waals surface area contributed by atoms with Crippen molar-refractivity contribution in [1.82, 2.24) is 5.32 Å². The first-order valence-electron chi connectivity index (χ1n) is 4.79. The van der Waals surface area contributed by atoms with Gasteiger partial charge in [0.15, 0.2) is 0 Å². The highest BCUT2D eigenvalue weighted by molar-refractivity contribution is 9.10. The van der Waals surface area contributed by atoms with Crippen LogP contribution in [0.25, 0.3) is 0 Å². The Hall–Kier alpha value is -0.410. The molecule has 1 aromatic rings. The molecule has 0 radical (unpaired) electrons. The van der Waals surface area contributed by atoms with Crippen LogP contribution in [0, 0.1) is 0 Å². The standard InChI is InChI=1S/C11H13BrFN/c1-11(13)5-6-14-7-8-9(11)3-2-4-10(8)12/h2-4,14H,5-7H2,1H3. The largest absolute Gasteiger partial charge is 0.312 e. The average Bonchev–Trinajstić information content (AvgIpc) is 2.27. The van der Waals surface area contributed by atoms with Crippen molar-refractivity contribution >= 4 is 15.9 Å². The van der Waals surface area contributed by atoms with E-state index in [1.807, 2.05) is 18.2 Å². The fourth-order valence-electron chi connectivity index (χ4n) is 1.90. The minimum Gasteiger partial charge on any atom is -0.312 e. The molecular formula is C11H13BrFN. The molecular weight excluding hydrogens is 245 g/mol. The fraction of sp³-hybridized carbons (Fsp3) is 0.455. The molecule has 1 atom stereocenters. The minimum atomic E-state index is -1.21. The number of alkyl halides is 1. The van der Waals surface area contributed by atoms with Crippen LogP contribution in [-0.4, -0.2) is 6.54 Å². The molecule has 0 bridgehead atoms. The van der Waals surface area contributed by atoms with E-state index >= 15 is 0 Å². The molecule has 2 rings (SSSR count). The van der Waals surface area contributed by atoms with Crippen molar-refractivity contribution in [2.75, 3.05) is 6.54 Å². The molecule has 1 aliphatic rings. The topological polar surface area (TPSA) is 12.0 Å². The van der Waals surface area contributed by atoms with Crippen molar-refractivity contribution in [2.45, 2.75) is 25.6 Å². The number of fused-ring (bicyclic) bond motifs is 1. The summed E-state index contributed by atoms with van der Waals surface area (Å²) < 4.78 is 15.2. The smallest absolute Gasteiger partial charge is 0.134 e. The second kappa shape index (κ2) is 3.63. The van der Waals surface area contributed by atoms with Gasteiger partial charge in [-0.2, -0.15) is 0 Å². The van der Waals surface area contributed by atoms with Gasteiger partial charge in [0.2, 0.25) is 0 Å². The number of hydrogen-bond acceptors (Lipinski definition) is 1. The van der Waals surface area contributed by atoms with E-state index in [1.54, 1.807) is 6.92 Å². The summed E-state index contributed by atoms with van der Waals surface area (Å²) in [6.45, 7) is 3.13. The molecule has 1 nitrogen and oxygen atoms in total. The van der Waals surface area contributed by atoms with Crippen molar-refractivity contribution in [3.8, 4) is 0 Å². The molecule has 76 valence electrons. The van der Waals surface area contributed by atoms with E-state index in [4.69, 9.17) is 0 Å². The number of nitrogens with one attached hydrogen (secondary N) is 1. The third kappa shape index (κ3) is 1.71. The van der Waals surface area contributed by atoms with Gasteiger partial charge >= 0.3 is 0 Å². The molecule has 0 aromatic heterocycles. The van der Waals surface area contributed by atoms with Crippen LogP contribution in [0.2, 0.25) is 0 Å². The van der Waals surface area contributed by atoms with Gasteiger partial charge in [0, 0.05) is 11.0 Å². The Morgan fingerprint density at radius 2 is 2.29 bits per heavy atom. The van der Waals surface area contributed by atoms with Gasteiger partial charge in [-0.3, -0.25) is 0 Å². The predicted molar refractivity (Wildman–Crippen MR) is 58.9 cm³/mol. The van der Waals surface area contributed by atoms with Gasteiger partial charge in [-0.1, -0.05) is 28.1 Å². The Bertz CT molecular complexity index is 349. The summed E-state index contributed by atoms with van der Waals surface area (Å²) in [7, 11) is 0. The van der Waals surface area contributed by atoms with Crippen LogP contribution >= 0.6 is 15.9 Å². The van der Waals surface area contributed by atoms with E-state index in [0.29, 0.717) is 6.42 Å². The maximum Gasteiger partial charge on any atom is 0.134 e. The lowest BCUT2D eigenvalue weighted by Gasteiger charge is -2.20. The molecule has 0 amide bonds. The molecule has 3 heteroatoms. The lowest BCUT2D eigenvalue weighted by atomic mass is 9.91. The Morgan fingerprint density at radius 1 is 1.50 bits per heavy atom. The van der Waals surface area contributed by atoms with Crippen molar-refractivity contribution in [3.63, 3.8) is 0 Å². The SMILES string of the molecule is CC1(F)CCNCc2c(Br)cccc21. The van der Waals surface area contributed by atoms with Crippen LogP contribution < -0.4 is 5.32 Å². The van der Waals surface area contributed by atoms with E-state index in [9.17, 15) is 4.39 Å². The normalized spacial score (nSPS) is 26.8. The lowest BCUT2D eigenvalue weighted by Crippen LogP contribution is -2.18. The van der Waals surface area contributed by atoms with E-state index in [-0.39, 0.29) is 0 Å². The van der Waals surface area contributed by atoms with Gasteiger partial charge in [-0.15, -0.1) is 0 Å². The number of hydrogen-bond donors (Lipinski definition) is 1. The Kier molecular flexibility index (Phi) is 2.62. The van der Waals surface area contributed by atoms with Crippen LogP contribution in [0.3, 0.4) is 0 Å². The maximum absolute atomic E-state index is 14.2. The van der Waals surface area contributed by atoms with Crippen LogP contribution in [0.1, 0.15) is 24.5 Å². The minimum absolute atomic E-state index is 0.538. The third-order valence-corrected chi connectivity index (χ3v) is 3.50. The zero-order chi connectivity index (χ0) is 10.2. The second-order valence-corrected chi connectivity index (χ2v) is 4.74. The zero-order valence-corrected chi connectivity index (χ0v) is 9.70. The molecule has 1 unspecified atom stereocenters.